The smallest absolute Gasteiger partial charge is 0.140 e. The largest absolute Gasteiger partial charge is 0.315 e. The molecule has 1 nitrogen and oxygen atoms in total. The van der Waals surface area contributed by atoms with E-state index in [1.54, 1.807) is 0 Å². The number of quaternary nitrogens is 1. The standard InChI is InChI=1S/C9H16N/c1-5-7-9-10(3,4)8-6-2/h6H,2,8-9H2,1,3-4H3/q+1. The molecule has 0 aromatic heterocycles. The molecule has 0 aliphatic carbocycles. The Labute approximate surface area is 63.9 Å². The zero-order chi connectivity index (χ0) is 8.04. The molecular formula is C9H16N+. The highest BCUT2D eigenvalue weighted by molar-refractivity contribution is 4.95. The van der Waals surface area contributed by atoms with Gasteiger partial charge in [0.2, 0.25) is 0 Å². The Morgan fingerprint density at radius 3 is 2.50 bits per heavy atom. The lowest BCUT2D eigenvalue weighted by Gasteiger charge is -2.25. The fourth-order valence-electron chi connectivity index (χ4n) is 0.707. The van der Waals surface area contributed by atoms with E-state index in [0.717, 1.165) is 17.6 Å². The number of likely N-dealkylation sites (N-methyl/N-ethyl adjacent to an activating group) is 1. The minimum Gasteiger partial charge on any atom is -0.315 e. The first kappa shape index (κ1) is 9.26. The molecule has 56 valence electrons. The zero-order valence-electron chi connectivity index (χ0n) is 7.15. The summed E-state index contributed by atoms with van der Waals surface area (Å²) >= 11 is 0. The average Bonchev–Trinajstić information content (AvgIpc) is 1.84. The maximum absolute atomic E-state index is 3.69. The van der Waals surface area contributed by atoms with Crippen LogP contribution in [0.1, 0.15) is 6.92 Å². The van der Waals surface area contributed by atoms with Gasteiger partial charge in [0.05, 0.1) is 20.6 Å². The Bertz CT molecular complexity index is 157. The van der Waals surface area contributed by atoms with Crippen LogP contribution in [0.5, 0.6) is 0 Å². The van der Waals surface area contributed by atoms with Crippen LogP contribution in [0.15, 0.2) is 12.7 Å². The fourth-order valence-corrected chi connectivity index (χ4v) is 0.707. The predicted molar refractivity (Wildman–Crippen MR) is 45.5 cm³/mol. The van der Waals surface area contributed by atoms with Gasteiger partial charge in [-0.05, 0) is 18.9 Å². The Hall–Kier alpha value is -0.740. The third kappa shape index (κ3) is 4.17. The Morgan fingerprint density at radius 1 is 1.50 bits per heavy atom. The van der Waals surface area contributed by atoms with Gasteiger partial charge in [0.1, 0.15) is 6.54 Å². The molecule has 0 spiro atoms. The summed E-state index contributed by atoms with van der Waals surface area (Å²) in [5.41, 5.74) is 0. The van der Waals surface area contributed by atoms with Gasteiger partial charge in [-0.1, -0.05) is 6.58 Å². The van der Waals surface area contributed by atoms with E-state index >= 15 is 0 Å². The van der Waals surface area contributed by atoms with E-state index < -0.39 is 0 Å². The predicted octanol–water partition coefficient (Wildman–Crippen LogP) is 1.27. The first-order chi connectivity index (χ1) is 4.62. The molecule has 0 bridgehead atoms. The van der Waals surface area contributed by atoms with E-state index in [0.29, 0.717) is 0 Å². The molecule has 0 aliphatic heterocycles. The van der Waals surface area contributed by atoms with Crippen LogP contribution >= 0.6 is 0 Å². The third-order valence-corrected chi connectivity index (χ3v) is 1.31. The molecule has 0 fully saturated rings. The third-order valence-electron chi connectivity index (χ3n) is 1.31. The Balaban J connectivity index is 3.81. The second kappa shape index (κ2) is 4.14. The minimum atomic E-state index is 0.905. The zero-order valence-corrected chi connectivity index (χ0v) is 7.15. The topological polar surface area (TPSA) is 0 Å². The lowest BCUT2D eigenvalue weighted by molar-refractivity contribution is -0.877. The molecule has 0 radical (unpaired) electrons. The van der Waals surface area contributed by atoms with E-state index in [9.17, 15) is 0 Å². The maximum atomic E-state index is 3.69. The molecule has 0 aliphatic rings. The van der Waals surface area contributed by atoms with Gasteiger partial charge in [0.15, 0.2) is 0 Å². The van der Waals surface area contributed by atoms with E-state index in [4.69, 9.17) is 0 Å². The molecule has 0 aromatic carbocycles. The van der Waals surface area contributed by atoms with Gasteiger partial charge in [0.25, 0.3) is 0 Å². The number of nitrogens with zero attached hydrogens (tertiary/aromatic N) is 1. The van der Waals surface area contributed by atoms with Crippen LogP contribution < -0.4 is 0 Å². The lowest BCUT2D eigenvalue weighted by Crippen LogP contribution is -2.39. The van der Waals surface area contributed by atoms with Crippen LogP contribution in [-0.4, -0.2) is 31.7 Å². The second-order valence-electron chi connectivity index (χ2n) is 2.99. The highest BCUT2D eigenvalue weighted by atomic mass is 15.3. The van der Waals surface area contributed by atoms with Crippen LogP contribution in [0.4, 0.5) is 0 Å². The van der Waals surface area contributed by atoms with Crippen molar-refractivity contribution in [2.45, 2.75) is 6.92 Å². The number of hydrogen-bond donors (Lipinski definition) is 0. The van der Waals surface area contributed by atoms with Crippen LogP contribution in [0.2, 0.25) is 0 Å². The van der Waals surface area contributed by atoms with E-state index in [2.05, 4.69) is 32.5 Å². The van der Waals surface area contributed by atoms with Crippen LogP contribution in [0.25, 0.3) is 0 Å². The normalized spacial score (nSPS) is 9.90. The SMILES string of the molecule is C=CC[N+](C)(C)CC#CC. The molecule has 0 N–H and O–H groups in total. The molecule has 10 heavy (non-hydrogen) atoms. The summed E-state index contributed by atoms with van der Waals surface area (Å²) < 4.78 is 0.907. The van der Waals surface area contributed by atoms with Crippen molar-refractivity contribution in [3.8, 4) is 11.8 Å². The molecule has 0 saturated heterocycles. The Kier molecular flexibility index (Phi) is 3.83. The monoisotopic (exact) mass is 138 g/mol. The van der Waals surface area contributed by atoms with Gasteiger partial charge in [-0.15, -0.1) is 5.92 Å². The first-order valence-corrected chi connectivity index (χ1v) is 3.45. The highest BCUT2D eigenvalue weighted by Crippen LogP contribution is 1.93. The van der Waals surface area contributed by atoms with Crippen molar-refractivity contribution in [1.82, 2.24) is 0 Å². The molecule has 1 heteroatoms. The molecule has 0 atom stereocenters. The summed E-state index contributed by atoms with van der Waals surface area (Å²) in [7, 11) is 4.29. The summed E-state index contributed by atoms with van der Waals surface area (Å²) in [6, 6.07) is 0. The maximum Gasteiger partial charge on any atom is 0.140 e. The van der Waals surface area contributed by atoms with Crippen molar-refractivity contribution in [3.63, 3.8) is 0 Å². The van der Waals surface area contributed by atoms with Gasteiger partial charge < -0.3 is 4.48 Å². The van der Waals surface area contributed by atoms with E-state index in [-0.39, 0.29) is 0 Å². The number of hydrogen-bond acceptors (Lipinski definition) is 0. The first-order valence-electron chi connectivity index (χ1n) is 3.45. The minimum absolute atomic E-state index is 0.905. The molecule has 0 unspecified atom stereocenters. The van der Waals surface area contributed by atoms with Gasteiger partial charge in [-0.25, -0.2) is 0 Å². The summed E-state index contributed by atoms with van der Waals surface area (Å²) in [4.78, 5) is 0. The van der Waals surface area contributed by atoms with Crippen molar-refractivity contribution < 1.29 is 4.48 Å². The van der Waals surface area contributed by atoms with Gasteiger partial charge in [-0.3, -0.25) is 0 Å². The molecule has 0 aromatic rings. The molecule has 0 rings (SSSR count). The fraction of sp³-hybridized carbons (Fsp3) is 0.556. The van der Waals surface area contributed by atoms with Gasteiger partial charge in [-0.2, -0.15) is 0 Å². The Morgan fingerprint density at radius 2 is 2.10 bits per heavy atom. The van der Waals surface area contributed by atoms with Gasteiger partial charge in [0, 0.05) is 0 Å². The molecule has 0 saturated carbocycles. The molecular weight excluding hydrogens is 122 g/mol. The van der Waals surface area contributed by atoms with Gasteiger partial charge >= 0.3 is 0 Å². The van der Waals surface area contributed by atoms with Crippen LogP contribution in [-0.2, 0) is 0 Å². The van der Waals surface area contributed by atoms with Crippen molar-refractivity contribution in [3.05, 3.63) is 12.7 Å². The van der Waals surface area contributed by atoms with Crippen molar-refractivity contribution in [2.24, 2.45) is 0 Å². The lowest BCUT2D eigenvalue weighted by atomic mass is 10.4. The average molecular weight is 138 g/mol. The van der Waals surface area contributed by atoms with E-state index in [1.807, 2.05) is 13.0 Å². The summed E-state index contributed by atoms with van der Waals surface area (Å²) in [5.74, 6) is 5.93. The summed E-state index contributed by atoms with van der Waals surface area (Å²) in [6.45, 7) is 7.45. The quantitative estimate of drug-likeness (QED) is 0.313. The van der Waals surface area contributed by atoms with Crippen molar-refractivity contribution in [2.75, 3.05) is 27.2 Å². The van der Waals surface area contributed by atoms with Crippen LogP contribution in [0.3, 0.4) is 0 Å². The summed E-state index contributed by atoms with van der Waals surface area (Å²) in [6.07, 6.45) is 1.93. The van der Waals surface area contributed by atoms with Crippen LogP contribution in [0, 0.1) is 11.8 Å². The van der Waals surface area contributed by atoms with Crippen molar-refractivity contribution in [1.29, 1.82) is 0 Å². The second-order valence-corrected chi connectivity index (χ2v) is 2.99. The number of rotatable bonds is 3. The van der Waals surface area contributed by atoms with Crippen molar-refractivity contribution >= 4 is 0 Å². The summed E-state index contributed by atoms with van der Waals surface area (Å²) in [5, 5.41) is 0. The molecule has 0 amide bonds. The molecule has 0 heterocycles. The highest BCUT2D eigenvalue weighted by Gasteiger charge is 2.08. The van der Waals surface area contributed by atoms with E-state index in [1.165, 1.54) is 0 Å².